The Morgan fingerprint density at radius 2 is 1.56 bits per heavy atom. The third-order valence-electron chi connectivity index (χ3n) is 2.86. The number of rotatable bonds is 3. The van der Waals surface area contributed by atoms with Crippen LogP contribution in [0.3, 0.4) is 0 Å². The Morgan fingerprint density at radius 1 is 1.11 bits per heavy atom. The van der Waals surface area contributed by atoms with E-state index in [1.54, 1.807) is 0 Å². The number of hydrogen-bond donors (Lipinski definition) is 2. The molecule has 1 unspecified atom stereocenters. The van der Waals surface area contributed by atoms with Crippen molar-refractivity contribution in [3.8, 4) is 0 Å². The molecule has 0 radical (unpaired) electrons. The van der Waals surface area contributed by atoms with Gasteiger partial charge in [0.2, 0.25) is 0 Å². The van der Waals surface area contributed by atoms with Gasteiger partial charge in [-0.15, -0.1) is 0 Å². The van der Waals surface area contributed by atoms with Crippen LogP contribution in [-0.4, -0.2) is 24.3 Å². The Bertz CT molecular complexity index is 285. The second-order valence-corrected chi connectivity index (χ2v) is 7.69. The lowest BCUT2D eigenvalue weighted by Crippen LogP contribution is -2.52. The lowest BCUT2D eigenvalue weighted by molar-refractivity contribution is 0.0483. The average Bonchev–Trinajstić information content (AvgIpc) is 2.09. The lowest BCUT2D eigenvalue weighted by atomic mass is 9.71. The maximum atomic E-state index is 11.6. The van der Waals surface area contributed by atoms with E-state index in [4.69, 9.17) is 10.5 Å². The molecule has 0 aromatic rings. The fraction of sp³-hybridized carbons (Fsp3) is 0.929. The third-order valence-corrected chi connectivity index (χ3v) is 2.86. The van der Waals surface area contributed by atoms with Crippen LogP contribution in [-0.2, 0) is 4.74 Å². The van der Waals surface area contributed by atoms with Gasteiger partial charge < -0.3 is 15.8 Å². The molecule has 0 aromatic heterocycles. The Hall–Kier alpha value is -0.770. The van der Waals surface area contributed by atoms with E-state index in [0.717, 1.165) is 0 Å². The fourth-order valence-corrected chi connectivity index (χ4v) is 1.90. The SMILES string of the molecule is CC(C)(C)OC(=O)NCC(C)(C)C(N)C(C)(C)C. The first-order valence-corrected chi connectivity index (χ1v) is 6.48. The zero-order valence-corrected chi connectivity index (χ0v) is 13.2. The molecule has 1 atom stereocenters. The standard InChI is InChI=1S/C14H30N2O2/c1-12(2,3)10(15)14(7,8)9-16-11(17)18-13(4,5)6/h10H,9,15H2,1-8H3,(H,16,17). The van der Waals surface area contributed by atoms with Crippen molar-refractivity contribution in [1.29, 1.82) is 0 Å². The molecule has 0 spiro atoms. The van der Waals surface area contributed by atoms with E-state index in [2.05, 4.69) is 39.9 Å². The van der Waals surface area contributed by atoms with Crippen LogP contribution in [0.1, 0.15) is 55.4 Å². The summed E-state index contributed by atoms with van der Waals surface area (Å²) in [5.74, 6) is 0. The van der Waals surface area contributed by atoms with Crippen molar-refractivity contribution < 1.29 is 9.53 Å². The van der Waals surface area contributed by atoms with E-state index in [9.17, 15) is 4.79 Å². The predicted octanol–water partition coefficient (Wildman–Crippen LogP) is 2.91. The number of amides is 1. The minimum absolute atomic E-state index is 0.000881. The second kappa shape index (κ2) is 5.47. The van der Waals surface area contributed by atoms with Crippen LogP contribution in [0.15, 0.2) is 0 Å². The molecular weight excluding hydrogens is 228 g/mol. The molecule has 4 nitrogen and oxygen atoms in total. The molecule has 0 aromatic carbocycles. The summed E-state index contributed by atoms with van der Waals surface area (Å²) in [5, 5.41) is 2.79. The molecular formula is C14H30N2O2. The number of nitrogens with two attached hydrogens (primary N) is 1. The quantitative estimate of drug-likeness (QED) is 0.818. The van der Waals surface area contributed by atoms with Gasteiger partial charge in [0, 0.05) is 12.6 Å². The Kier molecular flexibility index (Phi) is 5.24. The average molecular weight is 258 g/mol. The van der Waals surface area contributed by atoms with Gasteiger partial charge in [-0.1, -0.05) is 34.6 Å². The Morgan fingerprint density at radius 3 is 1.89 bits per heavy atom. The van der Waals surface area contributed by atoms with Crippen molar-refractivity contribution in [1.82, 2.24) is 5.32 Å². The van der Waals surface area contributed by atoms with Crippen LogP contribution in [0.4, 0.5) is 4.79 Å². The minimum atomic E-state index is -0.472. The van der Waals surface area contributed by atoms with Gasteiger partial charge in [0.25, 0.3) is 0 Å². The van der Waals surface area contributed by atoms with E-state index in [0.29, 0.717) is 6.54 Å². The molecule has 4 heteroatoms. The predicted molar refractivity (Wildman–Crippen MR) is 75.4 cm³/mol. The van der Waals surface area contributed by atoms with Crippen molar-refractivity contribution in [2.24, 2.45) is 16.6 Å². The Labute approximate surface area is 112 Å². The summed E-state index contributed by atoms with van der Waals surface area (Å²) < 4.78 is 5.21. The largest absolute Gasteiger partial charge is 0.444 e. The van der Waals surface area contributed by atoms with Gasteiger partial charge in [0.05, 0.1) is 0 Å². The Balaban J connectivity index is 4.40. The molecule has 0 heterocycles. The number of carbonyl (C=O) groups is 1. The van der Waals surface area contributed by atoms with Gasteiger partial charge >= 0.3 is 6.09 Å². The van der Waals surface area contributed by atoms with E-state index in [-0.39, 0.29) is 16.9 Å². The van der Waals surface area contributed by atoms with Crippen molar-refractivity contribution >= 4 is 6.09 Å². The molecule has 0 aliphatic heterocycles. The zero-order valence-electron chi connectivity index (χ0n) is 13.2. The highest BCUT2D eigenvalue weighted by Gasteiger charge is 2.35. The summed E-state index contributed by atoms with van der Waals surface area (Å²) in [6, 6.07) is -0.0139. The monoisotopic (exact) mass is 258 g/mol. The third kappa shape index (κ3) is 6.24. The summed E-state index contributed by atoms with van der Waals surface area (Å²) >= 11 is 0. The number of ether oxygens (including phenoxy) is 1. The van der Waals surface area contributed by atoms with Crippen LogP contribution in [0.25, 0.3) is 0 Å². The van der Waals surface area contributed by atoms with Crippen LogP contribution < -0.4 is 11.1 Å². The van der Waals surface area contributed by atoms with Gasteiger partial charge in [0.1, 0.15) is 5.60 Å². The van der Waals surface area contributed by atoms with Gasteiger partial charge in [0.15, 0.2) is 0 Å². The maximum absolute atomic E-state index is 11.6. The molecule has 3 N–H and O–H groups in total. The molecule has 108 valence electrons. The molecule has 0 rings (SSSR count). The number of nitrogens with one attached hydrogen (secondary N) is 1. The normalized spacial score (nSPS) is 15.2. The highest BCUT2D eigenvalue weighted by atomic mass is 16.6. The van der Waals surface area contributed by atoms with Gasteiger partial charge in [-0.3, -0.25) is 0 Å². The van der Waals surface area contributed by atoms with Crippen molar-refractivity contribution in [3.63, 3.8) is 0 Å². The first-order valence-electron chi connectivity index (χ1n) is 6.48. The summed E-state index contributed by atoms with van der Waals surface area (Å²) in [5.41, 5.74) is 5.59. The molecule has 0 aliphatic rings. The van der Waals surface area contributed by atoms with E-state index in [1.165, 1.54) is 0 Å². The molecule has 0 bridgehead atoms. The van der Waals surface area contributed by atoms with Crippen LogP contribution in [0.2, 0.25) is 0 Å². The first-order chi connectivity index (χ1) is 7.76. The number of carbonyl (C=O) groups excluding carboxylic acids is 1. The van der Waals surface area contributed by atoms with Gasteiger partial charge in [-0.25, -0.2) is 4.79 Å². The summed E-state index contributed by atoms with van der Waals surface area (Å²) in [6.07, 6.45) is -0.392. The number of alkyl carbamates (subject to hydrolysis) is 1. The molecule has 18 heavy (non-hydrogen) atoms. The molecule has 1 amide bonds. The van der Waals surface area contributed by atoms with E-state index < -0.39 is 11.7 Å². The smallest absolute Gasteiger partial charge is 0.407 e. The topological polar surface area (TPSA) is 64.3 Å². The summed E-state index contributed by atoms with van der Waals surface area (Å²) in [4.78, 5) is 11.6. The molecule has 0 fully saturated rings. The van der Waals surface area contributed by atoms with Crippen LogP contribution >= 0.6 is 0 Å². The molecule has 0 saturated carbocycles. The van der Waals surface area contributed by atoms with Crippen molar-refractivity contribution in [3.05, 3.63) is 0 Å². The van der Waals surface area contributed by atoms with Gasteiger partial charge in [-0.05, 0) is 31.6 Å². The van der Waals surface area contributed by atoms with E-state index >= 15 is 0 Å². The first kappa shape index (κ1) is 17.2. The zero-order chi connectivity index (χ0) is 14.8. The van der Waals surface area contributed by atoms with Crippen molar-refractivity contribution in [2.45, 2.75) is 67.0 Å². The van der Waals surface area contributed by atoms with Crippen LogP contribution in [0.5, 0.6) is 0 Å². The molecule has 0 aliphatic carbocycles. The fourth-order valence-electron chi connectivity index (χ4n) is 1.90. The lowest BCUT2D eigenvalue weighted by Gasteiger charge is -2.40. The highest BCUT2D eigenvalue weighted by Crippen LogP contribution is 2.31. The summed E-state index contributed by atoms with van der Waals surface area (Å²) in [6.45, 7) is 16.5. The minimum Gasteiger partial charge on any atom is -0.444 e. The van der Waals surface area contributed by atoms with Crippen LogP contribution in [0, 0.1) is 10.8 Å². The second-order valence-electron chi connectivity index (χ2n) is 7.69. The van der Waals surface area contributed by atoms with E-state index in [1.807, 2.05) is 20.8 Å². The molecule has 0 saturated heterocycles. The van der Waals surface area contributed by atoms with Gasteiger partial charge in [-0.2, -0.15) is 0 Å². The highest BCUT2D eigenvalue weighted by molar-refractivity contribution is 5.67. The maximum Gasteiger partial charge on any atom is 0.407 e. The van der Waals surface area contributed by atoms with Crippen molar-refractivity contribution in [2.75, 3.05) is 6.54 Å². The summed E-state index contributed by atoms with van der Waals surface area (Å²) in [7, 11) is 0. The number of hydrogen-bond acceptors (Lipinski definition) is 3.